The first-order valence-corrected chi connectivity index (χ1v) is 9.09. The quantitative estimate of drug-likeness (QED) is 0.593. The molecule has 0 spiro atoms. The Morgan fingerprint density at radius 1 is 1.08 bits per heavy atom. The van der Waals surface area contributed by atoms with Gasteiger partial charge in [-0.25, -0.2) is 9.97 Å². The van der Waals surface area contributed by atoms with Gasteiger partial charge in [0.25, 0.3) is 5.56 Å². The molecule has 0 aliphatic rings. The number of quaternary nitrogens is 1. The Hall–Kier alpha value is -2.57. The number of para-hydroxylation sites is 2. The molecule has 5 nitrogen and oxygen atoms in total. The van der Waals surface area contributed by atoms with Crippen molar-refractivity contribution in [1.82, 2.24) is 15.0 Å². The molecule has 0 aliphatic carbocycles. The van der Waals surface area contributed by atoms with Gasteiger partial charge in [0.15, 0.2) is 5.82 Å². The van der Waals surface area contributed by atoms with E-state index in [2.05, 4.69) is 30.0 Å². The summed E-state index contributed by atoms with van der Waals surface area (Å²) in [6.45, 7) is 2.87. The first-order chi connectivity index (χ1) is 12.1. The van der Waals surface area contributed by atoms with Crippen molar-refractivity contribution in [3.05, 3.63) is 69.7 Å². The molecule has 2 aromatic carbocycles. The molecule has 0 bridgehead atoms. The molecule has 2 heterocycles. The highest BCUT2D eigenvalue weighted by atomic mass is 32.1. The Morgan fingerprint density at radius 2 is 1.80 bits per heavy atom. The number of aromatic amines is 1. The lowest BCUT2D eigenvalue weighted by Crippen LogP contribution is -3.07. The molecule has 2 atom stereocenters. The third-order valence-corrected chi connectivity index (χ3v) is 5.59. The fourth-order valence-corrected chi connectivity index (χ4v) is 3.99. The second kappa shape index (κ2) is 6.38. The van der Waals surface area contributed by atoms with Crippen molar-refractivity contribution in [3.8, 4) is 0 Å². The fourth-order valence-electron chi connectivity index (χ4n) is 2.93. The number of thiazole rings is 1. The summed E-state index contributed by atoms with van der Waals surface area (Å²) in [6, 6.07) is 15.7. The van der Waals surface area contributed by atoms with Crippen molar-refractivity contribution < 1.29 is 4.90 Å². The minimum absolute atomic E-state index is 0.0596. The Bertz CT molecular complexity index is 1070. The summed E-state index contributed by atoms with van der Waals surface area (Å²) in [6.07, 6.45) is 0. The molecule has 1 unspecified atom stereocenters. The van der Waals surface area contributed by atoms with Crippen molar-refractivity contribution in [2.45, 2.75) is 19.5 Å². The molecule has 2 N–H and O–H groups in total. The lowest BCUT2D eigenvalue weighted by Gasteiger charge is -2.20. The number of hydrogen-bond donors (Lipinski definition) is 2. The average molecular weight is 351 g/mol. The van der Waals surface area contributed by atoms with Gasteiger partial charge >= 0.3 is 0 Å². The molecule has 126 valence electrons. The highest BCUT2D eigenvalue weighted by Crippen LogP contribution is 2.21. The number of rotatable bonds is 4. The SMILES string of the molecule is C[C@H](c1nc2ccccc2c(=O)[nH]1)[NH+](C)Cc1nc2ccccc2s1. The van der Waals surface area contributed by atoms with Crippen LogP contribution in [0.15, 0.2) is 53.3 Å². The summed E-state index contributed by atoms with van der Waals surface area (Å²) in [5.74, 6) is 0.710. The summed E-state index contributed by atoms with van der Waals surface area (Å²) in [5.41, 5.74) is 1.70. The van der Waals surface area contributed by atoms with E-state index in [1.54, 1.807) is 17.4 Å². The largest absolute Gasteiger partial charge is 0.323 e. The van der Waals surface area contributed by atoms with Gasteiger partial charge in [0.2, 0.25) is 0 Å². The van der Waals surface area contributed by atoms with E-state index in [1.807, 2.05) is 36.4 Å². The van der Waals surface area contributed by atoms with Crippen molar-refractivity contribution in [2.75, 3.05) is 7.05 Å². The van der Waals surface area contributed by atoms with Crippen LogP contribution in [0.2, 0.25) is 0 Å². The van der Waals surface area contributed by atoms with E-state index in [0.29, 0.717) is 11.2 Å². The van der Waals surface area contributed by atoms with Crippen LogP contribution in [0.1, 0.15) is 23.8 Å². The van der Waals surface area contributed by atoms with Crippen LogP contribution < -0.4 is 10.5 Å². The molecule has 4 rings (SSSR count). The zero-order valence-electron chi connectivity index (χ0n) is 14.1. The van der Waals surface area contributed by atoms with Crippen molar-refractivity contribution in [1.29, 1.82) is 0 Å². The number of aromatic nitrogens is 3. The summed E-state index contributed by atoms with van der Waals surface area (Å²) >= 11 is 1.72. The maximum Gasteiger partial charge on any atom is 0.258 e. The predicted octanol–water partition coefficient (Wildman–Crippen LogP) is 2.31. The molecule has 4 aromatic rings. The molecular formula is C19H19N4OS+. The van der Waals surface area contributed by atoms with Crippen LogP contribution in [0.5, 0.6) is 0 Å². The van der Waals surface area contributed by atoms with Crippen LogP contribution in [0.4, 0.5) is 0 Å². The first-order valence-electron chi connectivity index (χ1n) is 8.27. The van der Waals surface area contributed by atoms with Gasteiger partial charge in [-0.2, -0.15) is 0 Å². The van der Waals surface area contributed by atoms with Gasteiger partial charge in [0, 0.05) is 0 Å². The normalized spacial score (nSPS) is 14.0. The highest BCUT2D eigenvalue weighted by molar-refractivity contribution is 7.18. The third-order valence-electron chi connectivity index (χ3n) is 4.55. The molecule has 0 aliphatic heterocycles. The summed E-state index contributed by atoms with van der Waals surface area (Å²) in [5, 5.41) is 1.72. The number of H-pyrrole nitrogens is 1. The van der Waals surface area contributed by atoms with Crippen molar-refractivity contribution >= 4 is 32.5 Å². The van der Waals surface area contributed by atoms with Crippen LogP contribution in [0, 0.1) is 0 Å². The van der Waals surface area contributed by atoms with E-state index < -0.39 is 0 Å². The summed E-state index contributed by atoms with van der Waals surface area (Å²) in [7, 11) is 2.10. The molecule has 0 saturated carbocycles. The Labute approximate surface area is 149 Å². The fraction of sp³-hybridized carbons (Fsp3) is 0.211. The van der Waals surface area contributed by atoms with Gasteiger partial charge in [-0.3, -0.25) is 4.79 Å². The Morgan fingerprint density at radius 3 is 2.60 bits per heavy atom. The van der Waals surface area contributed by atoms with Crippen LogP contribution in [0.3, 0.4) is 0 Å². The van der Waals surface area contributed by atoms with E-state index in [-0.39, 0.29) is 11.6 Å². The maximum atomic E-state index is 12.3. The molecule has 0 saturated heterocycles. The minimum atomic E-state index is -0.0831. The highest BCUT2D eigenvalue weighted by Gasteiger charge is 2.20. The lowest BCUT2D eigenvalue weighted by molar-refractivity contribution is -0.924. The molecule has 25 heavy (non-hydrogen) atoms. The average Bonchev–Trinajstić information content (AvgIpc) is 3.03. The van der Waals surface area contributed by atoms with Crippen LogP contribution in [0.25, 0.3) is 21.1 Å². The summed E-state index contributed by atoms with van der Waals surface area (Å²) < 4.78 is 1.20. The van der Waals surface area contributed by atoms with Gasteiger partial charge in [0.05, 0.1) is 28.2 Å². The van der Waals surface area contributed by atoms with Crippen LogP contribution in [-0.2, 0) is 6.54 Å². The van der Waals surface area contributed by atoms with Gasteiger partial charge in [-0.15, -0.1) is 11.3 Å². The monoisotopic (exact) mass is 351 g/mol. The zero-order valence-corrected chi connectivity index (χ0v) is 14.9. The Kier molecular flexibility index (Phi) is 4.07. The maximum absolute atomic E-state index is 12.3. The second-order valence-electron chi connectivity index (χ2n) is 6.29. The molecular weight excluding hydrogens is 332 g/mol. The third kappa shape index (κ3) is 3.06. The van der Waals surface area contributed by atoms with Gasteiger partial charge in [0.1, 0.15) is 17.6 Å². The summed E-state index contributed by atoms with van der Waals surface area (Å²) in [4.78, 5) is 25.8. The van der Waals surface area contributed by atoms with Gasteiger partial charge < -0.3 is 9.88 Å². The van der Waals surface area contributed by atoms with Crippen LogP contribution in [-0.4, -0.2) is 22.0 Å². The van der Waals surface area contributed by atoms with E-state index in [1.165, 1.54) is 9.60 Å². The number of nitrogens with zero attached hydrogens (tertiary/aromatic N) is 2. The van der Waals surface area contributed by atoms with E-state index in [4.69, 9.17) is 4.98 Å². The van der Waals surface area contributed by atoms with E-state index in [0.717, 1.165) is 22.6 Å². The minimum Gasteiger partial charge on any atom is -0.323 e. The Balaban J connectivity index is 1.61. The van der Waals surface area contributed by atoms with Crippen molar-refractivity contribution in [3.63, 3.8) is 0 Å². The predicted molar refractivity (Wildman–Crippen MR) is 101 cm³/mol. The molecule has 0 amide bonds. The zero-order chi connectivity index (χ0) is 17.4. The number of benzene rings is 2. The first kappa shape index (κ1) is 15.9. The van der Waals surface area contributed by atoms with E-state index >= 15 is 0 Å². The molecule has 0 radical (unpaired) electrons. The molecule has 0 fully saturated rings. The lowest BCUT2D eigenvalue weighted by atomic mass is 10.2. The molecule has 6 heteroatoms. The van der Waals surface area contributed by atoms with Gasteiger partial charge in [-0.1, -0.05) is 24.3 Å². The van der Waals surface area contributed by atoms with Gasteiger partial charge in [-0.05, 0) is 31.2 Å². The topological polar surface area (TPSA) is 63.1 Å². The molecule has 2 aromatic heterocycles. The standard InChI is InChI=1S/C19H18N4OS/c1-12(18-21-14-8-4-3-7-13(14)19(24)22-18)23(2)11-17-20-15-9-5-6-10-16(15)25-17/h3-10,12H,11H2,1-2H3,(H,21,22,24)/p+1/t12-/m1/s1. The van der Waals surface area contributed by atoms with Crippen LogP contribution >= 0.6 is 11.3 Å². The second-order valence-corrected chi connectivity index (χ2v) is 7.40. The number of hydrogen-bond acceptors (Lipinski definition) is 4. The van der Waals surface area contributed by atoms with E-state index in [9.17, 15) is 4.79 Å². The number of nitrogens with one attached hydrogen (secondary N) is 2. The smallest absolute Gasteiger partial charge is 0.258 e. The number of fused-ring (bicyclic) bond motifs is 2. The van der Waals surface area contributed by atoms with Crippen molar-refractivity contribution in [2.24, 2.45) is 0 Å².